The summed E-state index contributed by atoms with van der Waals surface area (Å²) in [4.78, 5) is 0. The molecule has 0 atom stereocenters. The zero-order chi connectivity index (χ0) is 18.3. The quantitative estimate of drug-likeness (QED) is 0.312. The third kappa shape index (κ3) is 2.74. The standard InChI is InChI=1S/C24H28N2/c1-3-5-7-15-9-17-13-22(26)20-12-16(8-6-4-2)10-18-14-21(25)19(11-15)23(17)24(18)20/h9-14H,3-8,25-26H2,1-2H3. The molecule has 0 saturated carbocycles. The van der Waals surface area contributed by atoms with E-state index in [1.54, 1.807) is 0 Å². The monoisotopic (exact) mass is 344 g/mol. The molecule has 0 spiro atoms. The average Bonchev–Trinajstić information content (AvgIpc) is 2.63. The van der Waals surface area contributed by atoms with Crippen LogP contribution in [0.4, 0.5) is 11.4 Å². The van der Waals surface area contributed by atoms with Crippen molar-refractivity contribution < 1.29 is 0 Å². The van der Waals surface area contributed by atoms with Crippen LogP contribution in [0.25, 0.3) is 32.3 Å². The van der Waals surface area contributed by atoms with Crippen LogP contribution >= 0.6 is 0 Å². The highest BCUT2D eigenvalue weighted by atomic mass is 14.6. The van der Waals surface area contributed by atoms with E-state index >= 15 is 0 Å². The van der Waals surface area contributed by atoms with Gasteiger partial charge in [-0.2, -0.15) is 0 Å². The fourth-order valence-corrected chi connectivity index (χ4v) is 4.24. The van der Waals surface area contributed by atoms with Crippen LogP contribution in [-0.4, -0.2) is 0 Å². The number of aryl methyl sites for hydroxylation is 2. The maximum Gasteiger partial charge on any atom is 0.0400 e. The fourth-order valence-electron chi connectivity index (χ4n) is 4.24. The number of unbranched alkanes of at least 4 members (excludes halogenated alkanes) is 2. The van der Waals surface area contributed by atoms with E-state index in [0.29, 0.717) is 0 Å². The van der Waals surface area contributed by atoms with E-state index in [-0.39, 0.29) is 0 Å². The molecule has 26 heavy (non-hydrogen) atoms. The second-order valence-electron chi connectivity index (χ2n) is 7.62. The van der Waals surface area contributed by atoms with E-state index in [2.05, 4.69) is 50.2 Å². The molecular formula is C24H28N2. The van der Waals surface area contributed by atoms with Gasteiger partial charge in [0.15, 0.2) is 0 Å². The van der Waals surface area contributed by atoms with E-state index in [1.807, 2.05) is 0 Å². The summed E-state index contributed by atoms with van der Waals surface area (Å²) in [6.45, 7) is 4.46. The highest BCUT2D eigenvalue weighted by Crippen LogP contribution is 2.41. The molecular weight excluding hydrogens is 316 g/mol. The van der Waals surface area contributed by atoms with Gasteiger partial charge in [-0.15, -0.1) is 0 Å². The smallest absolute Gasteiger partial charge is 0.0400 e. The van der Waals surface area contributed by atoms with Gasteiger partial charge < -0.3 is 11.5 Å². The Labute approximate surface area is 155 Å². The van der Waals surface area contributed by atoms with E-state index in [9.17, 15) is 0 Å². The molecule has 0 aliphatic carbocycles. The molecule has 2 nitrogen and oxygen atoms in total. The first-order chi connectivity index (χ1) is 12.6. The van der Waals surface area contributed by atoms with Gasteiger partial charge in [0, 0.05) is 22.1 Å². The maximum absolute atomic E-state index is 6.50. The van der Waals surface area contributed by atoms with Crippen LogP contribution in [0.3, 0.4) is 0 Å². The summed E-state index contributed by atoms with van der Waals surface area (Å²) >= 11 is 0. The summed E-state index contributed by atoms with van der Waals surface area (Å²) < 4.78 is 0. The lowest BCUT2D eigenvalue weighted by molar-refractivity contribution is 0.796. The van der Waals surface area contributed by atoms with E-state index in [4.69, 9.17) is 11.5 Å². The molecule has 0 heterocycles. The second-order valence-corrected chi connectivity index (χ2v) is 7.62. The van der Waals surface area contributed by atoms with Crippen molar-refractivity contribution in [3.8, 4) is 0 Å². The Kier molecular flexibility index (Phi) is 4.36. The van der Waals surface area contributed by atoms with Crippen LogP contribution in [0.5, 0.6) is 0 Å². The van der Waals surface area contributed by atoms with Crippen molar-refractivity contribution in [1.82, 2.24) is 0 Å². The van der Waals surface area contributed by atoms with Crippen LogP contribution in [0.1, 0.15) is 50.7 Å². The average molecular weight is 345 g/mol. The number of nitrogens with two attached hydrogens (primary N) is 2. The summed E-state index contributed by atoms with van der Waals surface area (Å²) in [5.74, 6) is 0. The van der Waals surface area contributed by atoms with Gasteiger partial charge in [0.05, 0.1) is 0 Å². The first-order valence-electron chi connectivity index (χ1n) is 9.91. The number of hydrogen-bond acceptors (Lipinski definition) is 2. The Bertz CT molecular complexity index is 991. The third-order valence-electron chi connectivity index (χ3n) is 5.59. The van der Waals surface area contributed by atoms with Gasteiger partial charge in [-0.1, -0.05) is 38.8 Å². The molecule has 134 valence electrons. The fraction of sp³-hybridized carbons (Fsp3) is 0.333. The van der Waals surface area contributed by atoms with Crippen LogP contribution in [0.15, 0.2) is 36.4 Å². The van der Waals surface area contributed by atoms with Crippen molar-refractivity contribution in [3.05, 3.63) is 47.5 Å². The van der Waals surface area contributed by atoms with Crippen LogP contribution in [-0.2, 0) is 12.8 Å². The van der Waals surface area contributed by atoms with Gasteiger partial charge in [0.2, 0.25) is 0 Å². The maximum atomic E-state index is 6.50. The lowest BCUT2D eigenvalue weighted by atomic mass is 9.88. The van der Waals surface area contributed by atoms with Crippen molar-refractivity contribution in [1.29, 1.82) is 0 Å². The Morgan fingerprint density at radius 3 is 1.42 bits per heavy atom. The van der Waals surface area contributed by atoms with Crippen molar-refractivity contribution in [3.63, 3.8) is 0 Å². The van der Waals surface area contributed by atoms with Gasteiger partial charge in [0.1, 0.15) is 0 Å². The Balaban J connectivity index is 2.03. The molecule has 4 aromatic carbocycles. The predicted molar refractivity (Wildman–Crippen MR) is 116 cm³/mol. The van der Waals surface area contributed by atoms with Crippen LogP contribution < -0.4 is 11.5 Å². The molecule has 0 aromatic heterocycles. The molecule has 0 radical (unpaired) electrons. The number of rotatable bonds is 6. The summed E-state index contributed by atoms with van der Waals surface area (Å²) in [5, 5.41) is 7.33. The number of anilines is 2. The molecule has 0 bridgehead atoms. The summed E-state index contributed by atoms with van der Waals surface area (Å²) in [7, 11) is 0. The molecule has 0 fully saturated rings. The molecule has 4 rings (SSSR count). The minimum absolute atomic E-state index is 0.875. The number of hydrogen-bond donors (Lipinski definition) is 2. The van der Waals surface area contributed by atoms with Crippen LogP contribution in [0, 0.1) is 0 Å². The van der Waals surface area contributed by atoms with Crippen molar-refractivity contribution in [2.75, 3.05) is 11.5 Å². The Morgan fingerprint density at radius 2 is 1.04 bits per heavy atom. The lowest BCUT2D eigenvalue weighted by Crippen LogP contribution is -1.97. The predicted octanol–water partition coefficient (Wildman–Crippen LogP) is 6.43. The lowest BCUT2D eigenvalue weighted by Gasteiger charge is -2.17. The van der Waals surface area contributed by atoms with Crippen molar-refractivity contribution >= 4 is 43.7 Å². The molecule has 4 N–H and O–H groups in total. The minimum atomic E-state index is 0.875. The molecule has 2 heteroatoms. The Morgan fingerprint density at radius 1 is 0.615 bits per heavy atom. The summed E-state index contributed by atoms with van der Waals surface area (Å²) in [6.07, 6.45) is 6.97. The largest absolute Gasteiger partial charge is 0.398 e. The normalized spacial score (nSPS) is 11.9. The highest BCUT2D eigenvalue weighted by Gasteiger charge is 2.15. The molecule has 0 saturated heterocycles. The second kappa shape index (κ2) is 6.68. The van der Waals surface area contributed by atoms with Gasteiger partial charge in [-0.3, -0.25) is 0 Å². The summed E-state index contributed by atoms with van der Waals surface area (Å²) in [6, 6.07) is 13.5. The van der Waals surface area contributed by atoms with E-state index < -0.39 is 0 Å². The topological polar surface area (TPSA) is 52.0 Å². The number of benzene rings is 4. The number of nitrogen functional groups attached to an aromatic ring is 2. The van der Waals surface area contributed by atoms with E-state index in [1.165, 1.54) is 69.1 Å². The SMILES string of the molecule is CCCCc1cc2cc(N)c3cc(CCCC)cc4cc(N)c(c1)c2c43. The van der Waals surface area contributed by atoms with Crippen LogP contribution in [0.2, 0.25) is 0 Å². The van der Waals surface area contributed by atoms with Gasteiger partial charge in [-0.25, -0.2) is 0 Å². The van der Waals surface area contributed by atoms with Gasteiger partial charge in [0.25, 0.3) is 0 Å². The van der Waals surface area contributed by atoms with Crippen molar-refractivity contribution in [2.24, 2.45) is 0 Å². The first kappa shape index (κ1) is 17.0. The molecule has 0 amide bonds. The van der Waals surface area contributed by atoms with E-state index in [0.717, 1.165) is 24.2 Å². The first-order valence-corrected chi connectivity index (χ1v) is 9.91. The zero-order valence-corrected chi connectivity index (χ0v) is 15.9. The highest BCUT2D eigenvalue weighted by molar-refractivity contribution is 6.28. The summed E-state index contributed by atoms with van der Waals surface area (Å²) in [5.41, 5.74) is 17.4. The van der Waals surface area contributed by atoms with Gasteiger partial charge >= 0.3 is 0 Å². The third-order valence-corrected chi connectivity index (χ3v) is 5.59. The van der Waals surface area contributed by atoms with Crippen molar-refractivity contribution in [2.45, 2.75) is 52.4 Å². The molecule has 0 aliphatic heterocycles. The minimum Gasteiger partial charge on any atom is -0.398 e. The zero-order valence-electron chi connectivity index (χ0n) is 15.9. The molecule has 0 aliphatic rings. The Hall–Kier alpha value is -2.48. The molecule has 0 unspecified atom stereocenters. The molecule has 4 aromatic rings. The van der Waals surface area contributed by atoms with Gasteiger partial charge in [-0.05, 0) is 82.6 Å².